The van der Waals surface area contributed by atoms with E-state index in [-0.39, 0.29) is 24.3 Å². The lowest BCUT2D eigenvalue weighted by Gasteiger charge is -2.53. The van der Waals surface area contributed by atoms with Gasteiger partial charge in [0.2, 0.25) is 5.91 Å². The highest BCUT2D eigenvalue weighted by atomic mass is 16.4. The molecule has 4 fully saturated rings. The lowest BCUT2D eigenvalue weighted by molar-refractivity contribution is -0.140. The second-order valence-electron chi connectivity index (χ2n) is 7.55. The van der Waals surface area contributed by atoms with E-state index >= 15 is 0 Å². The van der Waals surface area contributed by atoms with Gasteiger partial charge in [-0.15, -0.1) is 0 Å². The molecule has 1 atom stereocenters. The number of hydrogen-bond acceptors (Lipinski definition) is 2. The Hall–Kier alpha value is -1.06. The van der Waals surface area contributed by atoms with Crippen molar-refractivity contribution >= 4 is 11.9 Å². The van der Waals surface area contributed by atoms with Gasteiger partial charge in [-0.05, 0) is 62.2 Å². The van der Waals surface area contributed by atoms with Crippen molar-refractivity contribution < 1.29 is 14.7 Å². The summed E-state index contributed by atoms with van der Waals surface area (Å²) in [6.45, 7) is 2.03. The van der Waals surface area contributed by atoms with Crippen LogP contribution in [0.4, 0.5) is 0 Å². The molecule has 0 spiro atoms. The fourth-order valence-electron chi connectivity index (χ4n) is 5.44. The number of amides is 1. The van der Waals surface area contributed by atoms with Crippen molar-refractivity contribution in [3.8, 4) is 0 Å². The molecule has 0 aromatic carbocycles. The molecule has 0 aromatic rings. The molecule has 4 rings (SSSR count). The van der Waals surface area contributed by atoms with Crippen molar-refractivity contribution in [2.45, 2.75) is 64.3 Å². The molecule has 0 saturated heterocycles. The minimum absolute atomic E-state index is 0.0485. The summed E-state index contributed by atoms with van der Waals surface area (Å²) >= 11 is 0. The Bertz CT molecular complexity index is 392. The first-order valence-electron chi connectivity index (χ1n) is 8.59. The summed E-state index contributed by atoms with van der Waals surface area (Å²) in [5.74, 6) is 2.33. The van der Waals surface area contributed by atoms with E-state index in [1.165, 1.54) is 32.1 Å². The van der Waals surface area contributed by atoms with Crippen molar-refractivity contribution in [1.29, 1.82) is 0 Å². The average Bonchev–Trinajstić information content (AvgIpc) is 2.36. The first kappa shape index (κ1) is 14.9. The molecule has 4 nitrogen and oxygen atoms in total. The number of rotatable bonds is 6. The van der Waals surface area contributed by atoms with E-state index in [0.717, 1.165) is 24.7 Å². The van der Waals surface area contributed by atoms with Crippen LogP contribution in [0.25, 0.3) is 0 Å². The SMILES string of the molecule is CCCC(CC(=O)O)NC(=O)C1C2CC3CC(C2)CC1C3. The van der Waals surface area contributed by atoms with Crippen LogP contribution in [0.2, 0.25) is 0 Å². The molecular weight excluding hydrogens is 266 g/mol. The number of aliphatic carboxylic acids is 1. The summed E-state index contributed by atoms with van der Waals surface area (Å²) in [5, 5.41) is 12.0. The third-order valence-electron chi connectivity index (χ3n) is 5.93. The van der Waals surface area contributed by atoms with E-state index in [4.69, 9.17) is 5.11 Å². The van der Waals surface area contributed by atoms with Gasteiger partial charge in [0.15, 0.2) is 0 Å². The average molecular weight is 293 g/mol. The normalized spacial score (nSPS) is 38.2. The number of carboxylic acids is 1. The Morgan fingerprint density at radius 3 is 2.14 bits per heavy atom. The molecule has 4 aliphatic rings. The molecule has 2 N–H and O–H groups in total. The Morgan fingerprint density at radius 2 is 1.67 bits per heavy atom. The molecule has 118 valence electrons. The van der Waals surface area contributed by atoms with Crippen LogP contribution in [0.5, 0.6) is 0 Å². The summed E-state index contributed by atoms with van der Waals surface area (Å²) in [6, 6.07) is -0.197. The van der Waals surface area contributed by atoms with Crippen LogP contribution in [-0.2, 0) is 9.59 Å². The van der Waals surface area contributed by atoms with Gasteiger partial charge in [0.25, 0.3) is 0 Å². The largest absolute Gasteiger partial charge is 0.481 e. The first-order chi connectivity index (χ1) is 10.1. The quantitative estimate of drug-likeness (QED) is 0.791. The van der Waals surface area contributed by atoms with Gasteiger partial charge in [0.05, 0.1) is 6.42 Å². The third-order valence-corrected chi connectivity index (χ3v) is 5.93. The fourth-order valence-corrected chi connectivity index (χ4v) is 5.44. The van der Waals surface area contributed by atoms with Gasteiger partial charge in [-0.1, -0.05) is 13.3 Å². The van der Waals surface area contributed by atoms with E-state index in [1.807, 2.05) is 6.92 Å². The lowest BCUT2D eigenvalue weighted by Crippen LogP contribution is -2.52. The lowest BCUT2D eigenvalue weighted by atomic mass is 9.51. The van der Waals surface area contributed by atoms with Gasteiger partial charge in [-0.2, -0.15) is 0 Å². The molecule has 21 heavy (non-hydrogen) atoms. The van der Waals surface area contributed by atoms with Gasteiger partial charge < -0.3 is 10.4 Å². The highest BCUT2D eigenvalue weighted by Gasteiger charge is 2.50. The zero-order valence-corrected chi connectivity index (χ0v) is 12.9. The molecule has 0 aliphatic heterocycles. The highest BCUT2D eigenvalue weighted by Crippen LogP contribution is 2.56. The van der Waals surface area contributed by atoms with Crippen molar-refractivity contribution in [2.24, 2.45) is 29.6 Å². The Morgan fingerprint density at radius 1 is 1.10 bits per heavy atom. The minimum atomic E-state index is -0.821. The van der Waals surface area contributed by atoms with Crippen LogP contribution in [0.1, 0.15) is 58.3 Å². The van der Waals surface area contributed by atoms with Crippen LogP contribution < -0.4 is 5.32 Å². The monoisotopic (exact) mass is 293 g/mol. The second-order valence-corrected chi connectivity index (χ2v) is 7.55. The van der Waals surface area contributed by atoms with Crippen LogP contribution in [0.3, 0.4) is 0 Å². The Kier molecular flexibility index (Phi) is 4.23. The van der Waals surface area contributed by atoms with E-state index in [2.05, 4.69) is 5.32 Å². The molecule has 4 heteroatoms. The predicted octanol–water partition coefficient (Wildman–Crippen LogP) is 2.82. The number of nitrogens with one attached hydrogen (secondary N) is 1. The molecular formula is C17H27NO3. The van der Waals surface area contributed by atoms with Crippen LogP contribution in [0.15, 0.2) is 0 Å². The van der Waals surface area contributed by atoms with Crippen molar-refractivity contribution in [1.82, 2.24) is 5.32 Å². The molecule has 0 aromatic heterocycles. The molecule has 0 radical (unpaired) electrons. The van der Waals surface area contributed by atoms with Gasteiger partial charge in [-0.3, -0.25) is 9.59 Å². The zero-order chi connectivity index (χ0) is 15.0. The Balaban J connectivity index is 1.63. The van der Waals surface area contributed by atoms with E-state index < -0.39 is 5.97 Å². The van der Waals surface area contributed by atoms with Gasteiger partial charge in [0.1, 0.15) is 0 Å². The topological polar surface area (TPSA) is 66.4 Å². The molecule has 4 bridgehead atoms. The second kappa shape index (κ2) is 5.98. The maximum absolute atomic E-state index is 12.7. The maximum Gasteiger partial charge on any atom is 0.305 e. The summed E-state index contributed by atoms with van der Waals surface area (Å²) in [6.07, 6.45) is 7.99. The molecule has 4 aliphatic carbocycles. The fraction of sp³-hybridized carbons (Fsp3) is 0.882. The van der Waals surface area contributed by atoms with E-state index in [0.29, 0.717) is 11.8 Å². The predicted molar refractivity (Wildman–Crippen MR) is 79.6 cm³/mol. The molecule has 0 heterocycles. The summed E-state index contributed by atoms with van der Waals surface area (Å²) in [4.78, 5) is 23.6. The zero-order valence-electron chi connectivity index (χ0n) is 12.9. The number of hydrogen-bond donors (Lipinski definition) is 2. The summed E-state index contributed by atoms with van der Waals surface area (Å²) < 4.78 is 0. The van der Waals surface area contributed by atoms with Gasteiger partial charge in [0, 0.05) is 12.0 Å². The van der Waals surface area contributed by atoms with Crippen LogP contribution >= 0.6 is 0 Å². The maximum atomic E-state index is 12.7. The summed E-state index contributed by atoms with van der Waals surface area (Å²) in [7, 11) is 0. The number of carbonyl (C=O) groups excluding carboxylic acids is 1. The van der Waals surface area contributed by atoms with E-state index in [1.54, 1.807) is 0 Å². The summed E-state index contributed by atoms with van der Waals surface area (Å²) in [5.41, 5.74) is 0. The molecule has 1 amide bonds. The minimum Gasteiger partial charge on any atom is -0.481 e. The highest BCUT2D eigenvalue weighted by molar-refractivity contribution is 5.80. The van der Waals surface area contributed by atoms with Crippen LogP contribution in [0, 0.1) is 29.6 Å². The molecule has 1 unspecified atom stereocenters. The van der Waals surface area contributed by atoms with Crippen LogP contribution in [-0.4, -0.2) is 23.0 Å². The van der Waals surface area contributed by atoms with Gasteiger partial charge in [-0.25, -0.2) is 0 Å². The van der Waals surface area contributed by atoms with Crippen molar-refractivity contribution in [3.63, 3.8) is 0 Å². The standard InChI is InChI=1S/C17H27NO3/c1-2-3-14(9-15(19)20)18-17(21)16-12-5-10-4-11(7-12)8-13(16)6-10/h10-14,16H,2-9H2,1H3,(H,18,21)(H,19,20). The molecule has 4 saturated carbocycles. The third kappa shape index (κ3) is 3.09. The van der Waals surface area contributed by atoms with Crippen molar-refractivity contribution in [3.05, 3.63) is 0 Å². The number of carbonyl (C=O) groups is 2. The number of carboxylic acid groups (broad SMARTS) is 1. The van der Waals surface area contributed by atoms with Gasteiger partial charge >= 0.3 is 5.97 Å². The van der Waals surface area contributed by atoms with E-state index in [9.17, 15) is 9.59 Å². The smallest absolute Gasteiger partial charge is 0.305 e. The Labute approximate surface area is 126 Å². The first-order valence-corrected chi connectivity index (χ1v) is 8.59. The van der Waals surface area contributed by atoms with Crippen molar-refractivity contribution in [2.75, 3.05) is 0 Å².